The summed E-state index contributed by atoms with van der Waals surface area (Å²) < 4.78 is 10.3. The lowest BCUT2D eigenvalue weighted by Gasteiger charge is -2.10. The van der Waals surface area contributed by atoms with Gasteiger partial charge in [-0.1, -0.05) is 41.4 Å². The normalized spacial score (nSPS) is 10.2. The second-order valence-electron chi connectivity index (χ2n) is 3.98. The maximum Gasteiger partial charge on any atom is 0.342 e. The minimum atomic E-state index is -0.488. The molecule has 0 N–H and O–H groups in total. The van der Waals surface area contributed by atoms with Crippen LogP contribution >= 0.6 is 23.2 Å². The van der Waals surface area contributed by atoms with Gasteiger partial charge in [0.2, 0.25) is 0 Å². The molecule has 0 spiro atoms. The van der Waals surface area contributed by atoms with Crippen LogP contribution in [0.3, 0.4) is 0 Å². The Labute approximate surface area is 127 Å². The molecule has 0 aliphatic carbocycles. The summed E-state index contributed by atoms with van der Waals surface area (Å²) >= 11 is 12.0. The zero-order valence-corrected chi connectivity index (χ0v) is 12.2. The monoisotopic (exact) mass is 310 g/mol. The quantitative estimate of drug-likeness (QED) is 0.787. The van der Waals surface area contributed by atoms with E-state index in [2.05, 4.69) is 0 Å². The standard InChI is InChI=1S/C15H12Cl2O3/c1-19-14-8-3-2-5-10(14)15(18)20-9-11-12(16)6-4-7-13(11)17/h2-8H,9H2,1H3. The fourth-order valence-electron chi connectivity index (χ4n) is 1.70. The van der Waals surface area contributed by atoms with E-state index in [-0.39, 0.29) is 6.61 Å². The number of carbonyl (C=O) groups is 1. The molecular formula is C15H12Cl2O3. The van der Waals surface area contributed by atoms with Crippen LogP contribution in [0.4, 0.5) is 0 Å². The van der Waals surface area contributed by atoms with Crippen molar-refractivity contribution in [1.29, 1.82) is 0 Å². The van der Waals surface area contributed by atoms with Crippen LogP contribution in [0.5, 0.6) is 5.75 Å². The summed E-state index contributed by atoms with van der Waals surface area (Å²) in [5.41, 5.74) is 0.942. The number of esters is 1. The third-order valence-electron chi connectivity index (χ3n) is 2.74. The molecule has 0 saturated heterocycles. The molecule has 104 valence electrons. The predicted octanol–water partition coefficient (Wildman–Crippen LogP) is 4.36. The lowest BCUT2D eigenvalue weighted by Crippen LogP contribution is -2.07. The second kappa shape index (κ2) is 6.64. The van der Waals surface area contributed by atoms with E-state index in [1.165, 1.54) is 7.11 Å². The van der Waals surface area contributed by atoms with Gasteiger partial charge in [0.15, 0.2) is 0 Å². The highest BCUT2D eigenvalue weighted by molar-refractivity contribution is 6.35. The smallest absolute Gasteiger partial charge is 0.342 e. The zero-order chi connectivity index (χ0) is 14.5. The maximum atomic E-state index is 12.0. The molecule has 0 aromatic heterocycles. The number of hydrogen-bond donors (Lipinski definition) is 0. The van der Waals surface area contributed by atoms with Gasteiger partial charge in [-0.05, 0) is 24.3 Å². The molecule has 0 unspecified atom stereocenters. The van der Waals surface area contributed by atoms with Crippen molar-refractivity contribution in [2.75, 3.05) is 7.11 Å². The first-order valence-corrected chi connectivity index (χ1v) is 6.62. The average molecular weight is 311 g/mol. The second-order valence-corrected chi connectivity index (χ2v) is 4.79. The number of hydrogen-bond acceptors (Lipinski definition) is 3. The molecule has 2 aromatic rings. The third-order valence-corrected chi connectivity index (χ3v) is 3.44. The van der Waals surface area contributed by atoms with Crippen LogP contribution in [-0.2, 0) is 11.3 Å². The number of para-hydroxylation sites is 1. The van der Waals surface area contributed by atoms with E-state index in [4.69, 9.17) is 32.7 Å². The van der Waals surface area contributed by atoms with E-state index in [9.17, 15) is 4.79 Å². The molecule has 0 atom stereocenters. The minimum Gasteiger partial charge on any atom is -0.496 e. The van der Waals surface area contributed by atoms with E-state index in [1.807, 2.05) is 0 Å². The molecule has 0 bridgehead atoms. The maximum absolute atomic E-state index is 12.0. The molecule has 3 nitrogen and oxygen atoms in total. The summed E-state index contributed by atoms with van der Waals surface area (Å²) in [4.78, 5) is 12.0. The van der Waals surface area contributed by atoms with E-state index in [0.717, 1.165) is 0 Å². The van der Waals surface area contributed by atoms with Crippen molar-refractivity contribution >= 4 is 29.2 Å². The van der Waals surface area contributed by atoms with Crippen LogP contribution in [0.25, 0.3) is 0 Å². The fraction of sp³-hybridized carbons (Fsp3) is 0.133. The Hall–Kier alpha value is -1.71. The van der Waals surface area contributed by atoms with Gasteiger partial charge in [-0.3, -0.25) is 0 Å². The molecule has 20 heavy (non-hydrogen) atoms. The highest BCUT2D eigenvalue weighted by Crippen LogP contribution is 2.26. The molecule has 0 heterocycles. The van der Waals surface area contributed by atoms with E-state index < -0.39 is 5.97 Å². The number of benzene rings is 2. The topological polar surface area (TPSA) is 35.5 Å². The van der Waals surface area contributed by atoms with Gasteiger partial charge >= 0.3 is 5.97 Å². The predicted molar refractivity (Wildman–Crippen MR) is 78.6 cm³/mol. The fourth-order valence-corrected chi connectivity index (χ4v) is 2.21. The van der Waals surface area contributed by atoms with Crippen molar-refractivity contribution in [1.82, 2.24) is 0 Å². The van der Waals surface area contributed by atoms with Crippen molar-refractivity contribution in [2.24, 2.45) is 0 Å². The molecule has 0 radical (unpaired) electrons. The Balaban J connectivity index is 2.13. The van der Waals surface area contributed by atoms with Crippen LogP contribution in [0.15, 0.2) is 42.5 Å². The highest BCUT2D eigenvalue weighted by atomic mass is 35.5. The van der Waals surface area contributed by atoms with Crippen molar-refractivity contribution in [3.63, 3.8) is 0 Å². The lowest BCUT2D eigenvalue weighted by atomic mass is 10.2. The molecule has 2 rings (SSSR count). The van der Waals surface area contributed by atoms with Gasteiger partial charge in [0.05, 0.1) is 7.11 Å². The summed E-state index contributed by atoms with van der Waals surface area (Å²) in [7, 11) is 1.50. The van der Waals surface area contributed by atoms with Crippen LogP contribution in [-0.4, -0.2) is 13.1 Å². The van der Waals surface area contributed by atoms with Gasteiger partial charge in [-0.2, -0.15) is 0 Å². The molecule has 0 aliphatic heterocycles. The van der Waals surface area contributed by atoms with E-state index in [1.54, 1.807) is 42.5 Å². The van der Waals surface area contributed by atoms with Crippen molar-refractivity contribution in [3.05, 3.63) is 63.6 Å². The summed E-state index contributed by atoms with van der Waals surface area (Å²) in [5, 5.41) is 0.927. The van der Waals surface area contributed by atoms with Gasteiger partial charge in [-0.25, -0.2) is 4.79 Å². The molecule has 0 saturated carbocycles. The molecule has 5 heteroatoms. The van der Waals surface area contributed by atoms with Crippen molar-refractivity contribution < 1.29 is 14.3 Å². The largest absolute Gasteiger partial charge is 0.496 e. The summed E-state index contributed by atoms with van der Waals surface area (Å²) in [6.07, 6.45) is 0. The van der Waals surface area contributed by atoms with Gasteiger partial charge in [0.25, 0.3) is 0 Å². The Morgan fingerprint density at radius 2 is 1.70 bits per heavy atom. The van der Waals surface area contributed by atoms with Gasteiger partial charge in [0.1, 0.15) is 17.9 Å². The molecule has 0 amide bonds. The Bertz CT molecular complexity index is 606. The number of rotatable bonds is 4. The number of ether oxygens (including phenoxy) is 2. The minimum absolute atomic E-state index is 0.00931. The summed E-state index contributed by atoms with van der Waals surface area (Å²) in [6.45, 7) is 0.00931. The third kappa shape index (κ3) is 3.24. The first-order chi connectivity index (χ1) is 9.63. The van der Waals surface area contributed by atoms with Gasteiger partial charge in [-0.15, -0.1) is 0 Å². The van der Waals surface area contributed by atoms with Crippen LogP contribution in [0, 0.1) is 0 Å². The van der Waals surface area contributed by atoms with E-state index >= 15 is 0 Å². The lowest BCUT2D eigenvalue weighted by molar-refractivity contribution is 0.0469. The Morgan fingerprint density at radius 1 is 1.05 bits per heavy atom. The van der Waals surface area contributed by atoms with Crippen LogP contribution in [0.1, 0.15) is 15.9 Å². The highest BCUT2D eigenvalue weighted by Gasteiger charge is 2.14. The molecule has 0 fully saturated rings. The first-order valence-electron chi connectivity index (χ1n) is 5.86. The van der Waals surface area contributed by atoms with Crippen LogP contribution < -0.4 is 4.74 Å². The average Bonchev–Trinajstić information content (AvgIpc) is 2.46. The van der Waals surface area contributed by atoms with E-state index in [0.29, 0.717) is 26.9 Å². The number of methoxy groups -OCH3 is 1. The first kappa shape index (κ1) is 14.7. The van der Waals surface area contributed by atoms with Gasteiger partial charge in [0, 0.05) is 15.6 Å². The number of halogens is 2. The Morgan fingerprint density at radius 3 is 2.35 bits per heavy atom. The van der Waals surface area contributed by atoms with Gasteiger partial charge < -0.3 is 9.47 Å². The molecule has 2 aromatic carbocycles. The Kier molecular flexibility index (Phi) is 4.88. The van der Waals surface area contributed by atoms with Crippen LogP contribution in [0.2, 0.25) is 10.0 Å². The van der Waals surface area contributed by atoms with Crippen molar-refractivity contribution in [3.8, 4) is 5.75 Å². The number of carbonyl (C=O) groups excluding carboxylic acids is 1. The zero-order valence-electron chi connectivity index (χ0n) is 10.7. The SMILES string of the molecule is COc1ccccc1C(=O)OCc1c(Cl)cccc1Cl. The molecular weight excluding hydrogens is 299 g/mol. The van der Waals surface area contributed by atoms with Crippen molar-refractivity contribution in [2.45, 2.75) is 6.61 Å². The summed E-state index contributed by atoms with van der Waals surface area (Å²) in [6, 6.07) is 12.0. The summed E-state index contributed by atoms with van der Waals surface area (Å²) in [5.74, 6) is -0.0267. The molecule has 0 aliphatic rings.